The summed E-state index contributed by atoms with van der Waals surface area (Å²) in [6.07, 6.45) is 8.92. The van der Waals surface area contributed by atoms with Gasteiger partial charge in [0.15, 0.2) is 0 Å². The maximum atomic E-state index is 12.5. The first kappa shape index (κ1) is 15.1. The first-order valence-corrected chi connectivity index (χ1v) is 8.38. The molecule has 0 unspecified atom stereocenters. The molecule has 0 radical (unpaired) electrons. The molecule has 0 aromatic heterocycles. The van der Waals surface area contributed by atoms with E-state index in [1.807, 2.05) is 24.3 Å². The van der Waals surface area contributed by atoms with Gasteiger partial charge in [-0.1, -0.05) is 19.1 Å². The van der Waals surface area contributed by atoms with Crippen molar-refractivity contribution < 1.29 is 4.79 Å². The van der Waals surface area contributed by atoms with Gasteiger partial charge in [0, 0.05) is 29.9 Å². The Balaban J connectivity index is 1.62. The predicted octanol–water partition coefficient (Wildman–Crippen LogP) is 3.76. The molecule has 1 amide bonds. The van der Waals surface area contributed by atoms with Crippen LogP contribution >= 0.6 is 0 Å². The fourth-order valence-corrected chi connectivity index (χ4v) is 3.38. The summed E-state index contributed by atoms with van der Waals surface area (Å²) in [7, 11) is 0. The number of nitrogens with one attached hydrogen (secondary N) is 1. The van der Waals surface area contributed by atoms with Gasteiger partial charge in [-0.05, 0) is 62.8 Å². The zero-order valence-electron chi connectivity index (χ0n) is 13.6. The molecule has 0 atom stereocenters. The highest BCUT2D eigenvalue weighted by Crippen LogP contribution is 2.31. The molecule has 1 saturated carbocycles. The molecule has 3 heteroatoms. The third-order valence-electron chi connectivity index (χ3n) is 5.11. The molecule has 1 N–H and O–H groups in total. The van der Waals surface area contributed by atoms with E-state index in [0.29, 0.717) is 0 Å². The Morgan fingerprint density at radius 1 is 1.14 bits per heavy atom. The van der Waals surface area contributed by atoms with Crippen molar-refractivity contribution in [3.63, 3.8) is 0 Å². The van der Waals surface area contributed by atoms with Crippen molar-refractivity contribution in [3.05, 3.63) is 42.0 Å². The van der Waals surface area contributed by atoms with E-state index in [1.165, 1.54) is 18.5 Å². The molecule has 3 nitrogen and oxygen atoms in total. The van der Waals surface area contributed by atoms with Gasteiger partial charge in [0.25, 0.3) is 5.91 Å². The van der Waals surface area contributed by atoms with Crippen LogP contribution in [0.25, 0.3) is 0 Å². The minimum atomic E-state index is -0.0405. The average molecular weight is 298 g/mol. The molecule has 2 aliphatic rings. The lowest BCUT2D eigenvalue weighted by Crippen LogP contribution is -2.48. The van der Waals surface area contributed by atoms with E-state index in [4.69, 9.17) is 0 Å². The largest absolute Gasteiger partial charge is 0.364 e. The Morgan fingerprint density at radius 3 is 2.32 bits per heavy atom. The molecule has 1 aromatic rings. The zero-order chi connectivity index (χ0) is 15.6. The van der Waals surface area contributed by atoms with E-state index in [2.05, 4.69) is 36.2 Å². The molecular weight excluding hydrogens is 272 g/mol. The van der Waals surface area contributed by atoms with Crippen LogP contribution in [0.5, 0.6) is 0 Å². The SMILES string of the molecule is CC1CCC(C)(NC(=O)c2ccc(N3CC=CC3)cc2)CC1. The number of carbonyl (C=O) groups is 1. The minimum absolute atomic E-state index is 0.0405. The highest BCUT2D eigenvalue weighted by atomic mass is 16.1. The number of anilines is 1. The van der Waals surface area contributed by atoms with Crippen molar-refractivity contribution >= 4 is 11.6 Å². The Hall–Kier alpha value is -1.77. The molecule has 0 spiro atoms. The highest BCUT2D eigenvalue weighted by Gasteiger charge is 2.31. The van der Waals surface area contributed by atoms with Crippen LogP contribution in [0.4, 0.5) is 5.69 Å². The van der Waals surface area contributed by atoms with E-state index in [1.54, 1.807) is 0 Å². The van der Waals surface area contributed by atoms with Gasteiger partial charge in [-0.15, -0.1) is 0 Å². The summed E-state index contributed by atoms with van der Waals surface area (Å²) in [4.78, 5) is 14.8. The molecule has 1 heterocycles. The van der Waals surface area contributed by atoms with Crippen LogP contribution in [-0.4, -0.2) is 24.5 Å². The van der Waals surface area contributed by atoms with Crippen molar-refractivity contribution in [2.45, 2.75) is 45.1 Å². The van der Waals surface area contributed by atoms with Gasteiger partial charge < -0.3 is 10.2 Å². The molecule has 1 fully saturated rings. The lowest BCUT2D eigenvalue weighted by atomic mass is 9.78. The number of nitrogens with zero attached hydrogens (tertiary/aromatic N) is 1. The summed E-state index contributed by atoms with van der Waals surface area (Å²) >= 11 is 0. The van der Waals surface area contributed by atoms with Crippen LogP contribution in [0.15, 0.2) is 36.4 Å². The van der Waals surface area contributed by atoms with E-state index in [0.717, 1.165) is 37.4 Å². The van der Waals surface area contributed by atoms with Gasteiger partial charge in [0.1, 0.15) is 0 Å². The summed E-state index contributed by atoms with van der Waals surface area (Å²) in [6, 6.07) is 7.98. The Labute approximate surface area is 133 Å². The third-order valence-corrected chi connectivity index (χ3v) is 5.11. The van der Waals surface area contributed by atoms with Crippen molar-refractivity contribution in [2.75, 3.05) is 18.0 Å². The van der Waals surface area contributed by atoms with Crippen molar-refractivity contribution in [1.29, 1.82) is 0 Å². The maximum absolute atomic E-state index is 12.5. The monoisotopic (exact) mass is 298 g/mol. The number of hydrogen-bond donors (Lipinski definition) is 1. The maximum Gasteiger partial charge on any atom is 0.251 e. The van der Waals surface area contributed by atoms with Crippen LogP contribution in [-0.2, 0) is 0 Å². The normalized spacial score (nSPS) is 27.9. The Morgan fingerprint density at radius 2 is 1.73 bits per heavy atom. The molecular formula is C19H26N2O. The Kier molecular flexibility index (Phi) is 4.23. The molecule has 1 aliphatic carbocycles. The smallest absolute Gasteiger partial charge is 0.251 e. The van der Waals surface area contributed by atoms with Crippen LogP contribution in [0.3, 0.4) is 0 Å². The number of rotatable bonds is 3. The first-order valence-electron chi connectivity index (χ1n) is 8.38. The van der Waals surface area contributed by atoms with Crippen molar-refractivity contribution in [1.82, 2.24) is 5.32 Å². The fraction of sp³-hybridized carbons (Fsp3) is 0.526. The van der Waals surface area contributed by atoms with Gasteiger partial charge in [0.2, 0.25) is 0 Å². The second-order valence-corrected chi connectivity index (χ2v) is 7.12. The third kappa shape index (κ3) is 3.34. The van der Waals surface area contributed by atoms with Gasteiger partial charge in [0.05, 0.1) is 0 Å². The van der Waals surface area contributed by atoms with Gasteiger partial charge in [-0.2, -0.15) is 0 Å². The van der Waals surface area contributed by atoms with Gasteiger partial charge in [-0.3, -0.25) is 4.79 Å². The van der Waals surface area contributed by atoms with Crippen molar-refractivity contribution in [3.8, 4) is 0 Å². The summed E-state index contributed by atoms with van der Waals surface area (Å²) in [5.74, 6) is 0.849. The summed E-state index contributed by atoms with van der Waals surface area (Å²) in [5, 5.41) is 3.26. The zero-order valence-corrected chi connectivity index (χ0v) is 13.6. The lowest BCUT2D eigenvalue weighted by molar-refractivity contribution is 0.0870. The van der Waals surface area contributed by atoms with Crippen LogP contribution in [0, 0.1) is 5.92 Å². The average Bonchev–Trinajstić information content (AvgIpc) is 3.05. The number of hydrogen-bond acceptors (Lipinski definition) is 2. The van der Waals surface area contributed by atoms with Crippen LogP contribution in [0.1, 0.15) is 49.9 Å². The van der Waals surface area contributed by atoms with E-state index >= 15 is 0 Å². The Bertz CT molecular complexity index is 545. The second kappa shape index (κ2) is 6.15. The topological polar surface area (TPSA) is 32.3 Å². The summed E-state index contributed by atoms with van der Waals surface area (Å²) < 4.78 is 0. The second-order valence-electron chi connectivity index (χ2n) is 7.12. The lowest BCUT2D eigenvalue weighted by Gasteiger charge is -2.37. The highest BCUT2D eigenvalue weighted by molar-refractivity contribution is 5.95. The molecule has 3 rings (SSSR count). The number of amides is 1. The molecule has 118 valence electrons. The van der Waals surface area contributed by atoms with E-state index in [9.17, 15) is 4.79 Å². The predicted molar refractivity (Wildman–Crippen MR) is 91.3 cm³/mol. The molecule has 0 saturated heterocycles. The molecule has 22 heavy (non-hydrogen) atoms. The number of benzene rings is 1. The minimum Gasteiger partial charge on any atom is -0.364 e. The van der Waals surface area contributed by atoms with Crippen LogP contribution < -0.4 is 10.2 Å². The molecule has 1 aliphatic heterocycles. The van der Waals surface area contributed by atoms with Crippen LogP contribution in [0.2, 0.25) is 0 Å². The fourth-order valence-electron chi connectivity index (χ4n) is 3.38. The van der Waals surface area contributed by atoms with E-state index in [-0.39, 0.29) is 11.4 Å². The molecule has 1 aromatic carbocycles. The summed E-state index contributed by atoms with van der Waals surface area (Å²) in [5.41, 5.74) is 1.90. The van der Waals surface area contributed by atoms with Gasteiger partial charge >= 0.3 is 0 Å². The van der Waals surface area contributed by atoms with E-state index < -0.39 is 0 Å². The van der Waals surface area contributed by atoms with Gasteiger partial charge in [-0.25, -0.2) is 0 Å². The molecule has 0 bridgehead atoms. The summed E-state index contributed by atoms with van der Waals surface area (Å²) in [6.45, 7) is 6.40. The quantitative estimate of drug-likeness (QED) is 0.862. The first-order chi connectivity index (χ1) is 10.6. The van der Waals surface area contributed by atoms with Crippen molar-refractivity contribution in [2.24, 2.45) is 5.92 Å². The number of carbonyl (C=O) groups excluding carboxylic acids is 1. The standard InChI is InChI=1S/C19H26N2O/c1-15-9-11-19(2,12-10-15)20-18(22)16-5-7-17(8-6-16)21-13-3-4-14-21/h3-8,15H,9-14H2,1-2H3,(H,20,22).